The van der Waals surface area contributed by atoms with Gasteiger partial charge in [0.25, 0.3) is 5.91 Å². The highest BCUT2D eigenvalue weighted by Crippen LogP contribution is 2.46. The lowest BCUT2D eigenvalue weighted by Gasteiger charge is -2.25. The van der Waals surface area contributed by atoms with Crippen molar-refractivity contribution in [2.24, 2.45) is 0 Å². The van der Waals surface area contributed by atoms with Crippen LogP contribution in [0.1, 0.15) is 37.5 Å². The highest BCUT2D eigenvalue weighted by Gasteiger charge is 2.47. The van der Waals surface area contributed by atoms with E-state index >= 15 is 0 Å². The molecule has 1 atom stereocenters. The molecule has 0 aliphatic carbocycles. The Labute approximate surface area is 246 Å². The maximum absolute atomic E-state index is 13.8. The molecular formula is C26H20Cl2N4O4S3. The van der Waals surface area contributed by atoms with E-state index in [9.17, 15) is 14.7 Å². The molecule has 3 heterocycles. The van der Waals surface area contributed by atoms with Crippen LogP contribution in [0.5, 0.6) is 5.75 Å². The lowest BCUT2D eigenvalue weighted by atomic mass is 9.94. The number of para-hydroxylation sites is 1. The van der Waals surface area contributed by atoms with Crippen LogP contribution >= 0.6 is 57.6 Å². The van der Waals surface area contributed by atoms with Crippen LogP contribution in [0.4, 0.5) is 5.13 Å². The summed E-state index contributed by atoms with van der Waals surface area (Å²) in [5, 5.41) is 21.6. The number of aliphatic hydroxyl groups excluding tert-OH is 1. The van der Waals surface area contributed by atoms with Gasteiger partial charge in [-0.1, -0.05) is 70.6 Å². The topological polar surface area (TPSA) is 106 Å². The molecule has 8 nitrogen and oxygen atoms in total. The molecule has 1 N–H and O–H groups in total. The fraction of sp³-hybridized carbons (Fsp3) is 0.192. The number of methoxy groups -OCH3 is 1. The van der Waals surface area contributed by atoms with Gasteiger partial charge >= 0.3 is 0 Å². The van der Waals surface area contributed by atoms with Gasteiger partial charge in [0.15, 0.2) is 10.1 Å². The zero-order chi connectivity index (χ0) is 27.8. The molecule has 0 saturated heterocycles. The van der Waals surface area contributed by atoms with Gasteiger partial charge in [0.05, 0.1) is 28.3 Å². The highest BCUT2D eigenvalue weighted by atomic mass is 35.5. The number of ether oxygens (including phenoxy) is 1. The van der Waals surface area contributed by atoms with Crippen LogP contribution < -0.4 is 9.64 Å². The number of ketones is 1. The Hall–Kier alpha value is -2.96. The third kappa shape index (κ3) is 5.29. The highest BCUT2D eigenvalue weighted by molar-refractivity contribution is 8.00. The monoisotopic (exact) mass is 618 g/mol. The molecule has 0 bridgehead atoms. The number of halogens is 2. The average molecular weight is 620 g/mol. The summed E-state index contributed by atoms with van der Waals surface area (Å²) in [4.78, 5) is 33.3. The number of benzene rings is 2. The minimum absolute atomic E-state index is 0.0615. The number of carbonyl (C=O) groups excluding carboxylic acids is 2. The molecule has 0 spiro atoms. The van der Waals surface area contributed by atoms with Crippen molar-refractivity contribution in [1.29, 1.82) is 0 Å². The van der Waals surface area contributed by atoms with E-state index in [4.69, 9.17) is 27.9 Å². The zero-order valence-corrected chi connectivity index (χ0v) is 24.7. The van der Waals surface area contributed by atoms with Crippen LogP contribution in [-0.4, -0.2) is 39.1 Å². The molecule has 1 amide bonds. The summed E-state index contributed by atoms with van der Waals surface area (Å²) in [5.74, 6) is -0.903. The van der Waals surface area contributed by atoms with Crippen LogP contribution in [0.2, 0.25) is 10.0 Å². The van der Waals surface area contributed by atoms with Crippen molar-refractivity contribution in [2.45, 2.75) is 30.0 Å². The molecule has 0 fully saturated rings. The summed E-state index contributed by atoms with van der Waals surface area (Å²) in [6, 6.07) is 11.3. The minimum atomic E-state index is -0.987. The number of rotatable bonds is 8. The normalized spacial score (nSPS) is 15.4. The number of amides is 1. The standard InChI is InChI=1S/C26H20Cl2N4O4S3/c1-12-23(38-13(2)29-12)21(33)19-20(16-6-4-5-7-18(16)36-3)32(24(35)22(19)34)25-30-31-26(39-25)37-11-14-8-9-15(27)10-17(14)28/h4-10,20,34H,11H2,1-3H3. The molecule has 13 heteroatoms. The Morgan fingerprint density at radius 2 is 1.92 bits per heavy atom. The largest absolute Gasteiger partial charge is 0.503 e. The lowest BCUT2D eigenvalue weighted by Crippen LogP contribution is -2.31. The number of nitrogens with zero attached hydrogens (tertiary/aromatic N) is 4. The lowest BCUT2D eigenvalue weighted by molar-refractivity contribution is -0.117. The number of carbonyl (C=O) groups is 2. The van der Waals surface area contributed by atoms with Gasteiger partial charge in [-0.25, -0.2) is 4.98 Å². The van der Waals surface area contributed by atoms with Crippen LogP contribution in [0.15, 0.2) is 58.1 Å². The van der Waals surface area contributed by atoms with E-state index in [2.05, 4.69) is 15.2 Å². The van der Waals surface area contributed by atoms with E-state index < -0.39 is 23.5 Å². The Morgan fingerprint density at radius 1 is 1.15 bits per heavy atom. The maximum atomic E-state index is 13.8. The second-order valence-electron chi connectivity index (χ2n) is 8.43. The molecule has 2 aromatic carbocycles. The van der Waals surface area contributed by atoms with Gasteiger partial charge < -0.3 is 9.84 Å². The van der Waals surface area contributed by atoms with Gasteiger partial charge in [-0.2, -0.15) is 0 Å². The van der Waals surface area contributed by atoms with Crippen LogP contribution in [0, 0.1) is 13.8 Å². The maximum Gasteiger partial charge on any atom is 0.296 e. The summed E-state index contributed by atoms with van der Waals surface area (Å²) in [6.45, 7) is 3.52. The fourth-order valence-corrected chi connectivity index (χ4v) is 7.52. The molecule has 0 radical (unpaired) electrons. The first kappa shape index (κ1) is 27.6. The summed E-state index contributed by atoms with van der Waals surface area (Å²) >= 11 is 16.1. The number of aryl methyl sites for hydroxylation is 2. The minimum Gasteiger partial charge on any atom is -0.503 e. The molecule has 5 rings (SSSR count). The first-order valence-corrected chi connectivity index (χ1v) is 14.9. The van der Waals surface area contributed by atoms with Gasteiger partial charge in [-0.15, -0.1) is 21.5 Å². The third-order valence-electron chi connectivity index (χ3n) is 5.96. The van der Waals surface area contributed by atoms with E-state index in [1.807, 2.05) is 6.07 Å². The van der Waals surface area contributed by atoms with E-state index in [1.54, 1.807) is 50.2 Å². The molecule has 1 unspecified atom stereocenters. The Morgan fingerprint density at radius 3 is 2.62 bits per heavy atom. The molecule has 1 aliphatic rings. The summed E-state index contributed by atoms with van der Waals surface area (Å²) in [6.07, 6.45) is 0. The van der Waals surface area contributed by atoms with Crippen LogP contribution in [0.3, 0.4) is 0 Å². The van der Waals surface area contributed by atoms with Gasteiger partial charge in [0, 0.05) is 21.4 Å². The molecule has 1 aliphatic heterocycles. The average Bonchev–Trinajstić information content (AvgIpc) is 3.58. The number of hydrogen-bond donors (Lipinski definition) is 1. The van der Waals surface area contributed by atoms with Crippen molar-refractivity contribution in [3.05, 3.63) is 90.5 Å². The quantitative estimate of drug-likeness (QED) is 0.128. The summed E-state index contributed by atoms with van der Waals surface area (Å²) < 4.78 is 6.14. The van der Waals surface area contributed by atoms with Gasteiger partial charge in [0.1, 0.15) is 11.8 Å². The Balaban J connectivity index is 1.53. The van der Waals surface area contributed by atoms with Gasteiger partial charge in [-0.3, -0.25) is 14.5 Å². The second kappa shape index (κ2) is 11.3. The van der Waals surface area contributed by atoms with Crippen molar-refractivity contribution in [3.63, 3.8) is 0 Å². The van der Waals surface area contributed by atoms with E-state index in [0.717, 1.165) is 5.56 Å². The van der Waals surface area contributed by atoms with E-state index in [0.29, 0.717) is 47.0 Å². The second-order valence-corrected chi connectivity index (χ2v) is 12.7. The van der Waals surface area contributed by atoms with E-state index in [1.165, 1.54) is 46.4 Å². The van der Waals surface area contributed by atoms with E-state index in [-0.39, 0.29) is 10.7 Å². The predicted molar refractivity (Wildman–Crippen MR) is 155 cm³/mol. The van der Waals surface area contributed by atoms with Crippen molar-refractivity contribution in [1.82, 2.24) is 15.2 Å². The summed E-state index contributed by atoms with van der Waals surface area (Å²) in [5.41, 5.74) is 1.86. The van der Waals surface area contributed by atoms with Crippen molar-refractivity contribution >= 4 is 74.5 Å². The predicted octanol–water partition coefficient (Wildman–Crippen LogP) is 7.00. The molecule has 200 valence electrons. The smallest absolute Gasteiger partial charge is 0.296 e. The molecule has 4 aromatic rings. The number of hydrogen-bond acceptors (Lipinski definition) is 10. The van der Waals surface area contributed by atoms with Crippen molar-refractivity contribution < 1.29 is 19.4 Å². The SMILES string of the molecule is COc1ccccc1C1C(C(=O)c2sc(C)nc2C)=C(O)C(=O)N1c1nnc(SCc2ccc(Cl)cc2Cl)s1. The first-order chi connectivity index (χ1) is 18.7. The number of aliphatic hydroxyl groups is 1. The number of Topliss-reactive ketones (excluding diaryl/α,β-unsaturated/α-hetero) is 1. The third-order valence-corrected chi connectivity index (χ3v) is 9.73. The Kier molecular flexibility index (Phi) is 7.97. The fourth-order valence-electron chi connectivity index (χ4n) is 4.22. The van der Waals surface area contributed by atoms with Gasteiger partial charge in [0.2, 0.25) is 10.9 Å². The molecule has 0 saturated carbocycles. The molecular weight excluding hydrogens is 599 g/mol. The molecule has 39 heavy (non-hydrogen) atoms. The first-order valence-electron chi connectivity index (χ1n) is 11.5. The molecule has 2 aromatic heterocycles. The number of anilines is 1. The summed E-state index contributed by atoms with van der Waals surface area (Å²) in [7, 11) is 1.50. The van der Waals surface area contributed by atoms with Gasteiger partial charge in [-0.05, 0) is 37.6 Å². The van der Waals surface area contributed by atoms with Crippen LogP contribution in [-0.2, 0) is 10.5 Å². The number of aromatic nitrogens is 3. The zero-order valence-electron chi connectivity index (χ0n) is 20.8. The van der Waals surface area contributed by atoms with Crippen LogP contribution in [0.25, 0.3) is 0 Å². The number of thioether (sulfide) groups is 1. The van der Waals surface area contributed by atoms with Crippen molar-refractivity contribution in [2.75, 3.05) is 12.0 Å². The Bertz CT molecular complexity index is 1630. The van der Waals surface area contributed by atoms with Crippen molar-refractivity contribution in [3.8, 4) is 5.75 Å². The number of thiazole rings is 1.